The molecular weight excluding hydrogens is 246 g/mol. The summed E-state index contributed by atoms with van der Waals surface area (Å²) in [5.41, 5.74) is 2.52. The van der Waals surface area contributed by atoms with Crippen LogP contribution in [-0.2, 0) is 6.54 Å². The molecule has 3 heteroatoms. The van der Waals surface area contributed by atoms with E-state index in [1.54, 1.807) is 0 Å². The second-order valence-electron chi connectivity index (χ2n) is 6.36. The maximum atomic E-state index is 4.79. The summed E-state index contributed by atoms with van der Waals surface area (Å²) >= 11 is 0. The van der Waals surface area contributed by atoms with Crippen LogP contribution in [0, 0.1) is 5.92 Å². The minimum atomic E-state index is 0.467. The van der Waals surface area contributed by atoms with Gasteiger partial charge in [-0.1, -0.05) is 34.6 Å². The Morgan fingerprint density at radius 3 is 2.45 bits per heavy atom. The van der Waals surface area contributed by atoms with Crippen LogP contribution in [0.15, 0.2) is 12.1 Å². The maximum Gasteiger partial charge on any atom is 0.128 e. The fourth-order valence-corrected chi connectivity index (χ4v) is 2.14. The van der Waals surface area contributed by atoms with Gasteiger partial charge in [0.25, 0.3) is 0 Å². The van der Waals surface area contributed by atoms with Crippen molar-refractivity contribution in [2.75, 3.05) is 25.0 Å². The molecule has 3 nitrogen and oxygen atoms in total. The molecule has 20 heavy (non-hydrogen) atoms. The maximum absolute atomic E-state index is 4.79. The zero-order chi connectivity index (χ0) is 15.1. The summed E-state index contributed by atoms with van der Waals surface area (Å²) in [6.45, 7) is 14.1. The normalized spacial score (nSPS) is 11.4. The topological polar surface area (TPSA) is 28.2 Å². The molecule has 0 aromatic carbocycles. The second kappa shape index (κ2) is 8.25. The molecule has 0 saturated carbocycles. The van der Waals surface area contributed by atoms with Crippen LogP contribution in [0.4, 0.5) is 5.82 Å². The summed E-state index contributed by atoms with van der Waals surface area (Å²) < 4.78 is 0. The van der Waals surface area contributed by atoms with Crippen molar-refractivity contribution in [3.63, 3.8) is 0 Å². The van der Waals surface area contributed by atoms with E-state index in [1.807, 2.05) is 0 Å². The summed E-state index contributed by atoms with van der Waals surface area (Å²) in [6.07, 6.45) is 1.14. The van der Waals surface area contributed by atoms with E-state index in [9.17, 15) is 0 Å². The van der Waals surface area contributed by atoms with Crippen LogP contribution in [0.1, 0.15) is 58.2 Å². The van der Waals surface area contributed by atoms with Gasteiger partial charge in [0.15, 0.2) is 0 Å². The smallest absolute Gasteiger partial charge is 0.128 e. The van der Waals surface area contributed by atoms with E-state index in [4.69, 9.17) is 4.98 Å². The molecule has 0 aliphatic carbocycles. The van der Waals surface area contributed by atoms with Gasteiger partial charge in [-0.2, -0.15) is 0 Å². The summed E-state index contributed by atoms with van der Waals surface area (Å²) in [5.74, 6) is 2.25. The van der Waals surface area contributed by atoms with Crippen molar-refractivity contribution in [1.82, 2.24) is 10.3 Å². The lowest BCUT2D eigenvalue weighted by atomic mass is 10.1. The molecule has 0 amide bonds. The highest BCUT2D eigenvalue weighted by Crippen LogP contribution is 2.20. The third-order valence-electron chi connectivity index (χ3n) is 3.31. The van der Waals surface area contributed by atoms with Crippen molar-refractivity contribution in [1.29, 1.82) is 0 Å². The molecule has 1 rings (SSSR count). The van der Waals surface area contributed by atoms with E-state index in [2.05, 4.69) is 64.0 Å². The van der Waals surface area contributed by atoms with Gasteiger partial charge in [0.1, 0.15) is 5.82 Å². The number of aromatic nitrogens is 1. The van der Waals surface area contributed by atoms with Crippen molar-refractivity contribution >= 4 is 5.82 Å². The van der Waals surface area contributed by atoms with Gasteiger partial charge in [-0.3, -0.25) is 0 Å². The van der Waals surface area contributed by atoms with Crippen LogP contribution in [0.2, 0.25) is 0 Å². The third kappa shape index (κ3) is 5.49. The van der Waals surface area contributed by atoms with Crippen LogP contribution in [0.25, 0.3) is 0 Å². The van der Waals surface area contributed by atoms with E-state index in [0.717, 1.165) is 31.9 Å². The number of hydrogen-bond donors (Lipinski definition) is 1. The molecule has 0 spiro atoms. The summed E-state index contributed by atoms with van der Waals surface area (Å²) in [4.78, 5) is 7.04. The molecule has 0 aliphatic heterocycles. The van der Waals surface area contributed by atoms with E-state index >= 15 is 0 Å². The highest BCUT2D eigenvalue weighted by Gasteiger charge is 2.09. The molecule has 1 heterocycles. The average molecular weight is 277 g/mol. The average Bonchev–Trinajstić information content (AvgIpc) is 2.38. The lowest BCUT2D eigenvalue weighted by molar-refractivity contribution is 0.551. The van der Waals surface area contributed by atoms with Gasteiger partial charge in [0, 0.05) is 25.8 Å². The monoisotopic (exact) mass is 277 g/mol. The number of nitrogens with zero attached hydrogens (tertiary/aromatic N) is 2. The minimum absolute atomic E-state index is 0.467. The molecule has 0 unspecified atom stereocenters. The highest BCUT2D eigenvalue weighted by molar-refractivity contribution is 5.42. The van der Waals surface area contributed by atoms with Crippen molar-refractivity contribution < 1.29 is 0 Å². The molecule has 0 saturated heterocycles. The molecule has 1 aromatic heterocycles. The van der Waals surface area contributed by atoms with Crippen LogP contribution in [0.3, 0.4) is 0 Å². The quantitative estimate of drug-likeness (QED) is 0.783. The Morgan fingerprint density at radius 2 is 1.90 bits per heavy atom. The van der Waals surface area contributed by atoms with E-state index < -0.39 is 0 Å². The third-order valence-corrected chi connectivity index (χ3v) is 3.31. The first-order chi connectivity index (χ1) is 9.43. The van der Waals surface area contributed by atoms with Crippen LogP contribution < -0.4 is 10.2 Å². The Morgan fingerprint density at radius 1 is 1.20 bits per heavy atom. The Hall–Kier alpha value is -1.09. The van der Waals surface area contributed by atoms with Crippen molar-refractivity contribution in [2.24, 2.45) is 5.92 Å². The molecular formula is C17H31N3. The van der Waals surface area contributed by atoms with Crippen molar-refractivity contribution in [2.45, 2.75) is 53.5 Å². The van der Waals surface area contributed by atoms with E-state index in [0.29, 0.717) is 11.8 Å². The Bertz CT molecular complexity index is 399. The first-order valence-electron chi connectivity index (χ1n) is 7.86. The highest BCUT2D eigenvalue weighted by atomic mass is 15.2. The molecule has 0 aliphatic rings. The first-order valence-corrected chi connectivity index (χ1v) is 7.86. The van der Waals surface area contributed by atoms with Gasteiger partial charge in [-0.15, -0.1) is 0 Å². The molecule has 0 fully saturated rings. The predicted octanol–water partition coefficient (Wildman–Crippen LogP) is 3.80. The van der Waals surface area contributed by atoms with Crippen LogP contribution in [0.5, 0.6) is 0 Å². The predicted molar refractivity (Wildman–Crippen MR) is 88.4 cm³/mol. The zero-order valence-corrected chi connectivity index (χ0v) is 14.0. The molecule has 0 radical (unpaired) electrons. The number of hydrogen-bond acceptors (Lipinski definition) is 3. The summed E-state index contributed by atoms with van der Waals surface area (Å²) in [6, 6.07) is 4.45. The summed E-state index contributed by atoms with van der Waals surface area (Å²) in [7, 11) is 2.13. The van der Waals surface area contributed by atoms with Crippen molar-refractivity contribution in [3.05, 3.63) is 23.4 Å². The number of anilines is 1. The largest absolute Gasteiger partial charge is 0.360 e. The first kappa shape index (κ1) is 17.0. The van der Waals surface area contributed by atoms with Gasteiger partial charge < -0.3 is 10.2 Å². The summed E-state index contributed by atoms with van der Waals surface area (Å²) in [5, 5.41) is 3.52. The number of pyridine rings is 1. The standard InChI is InChI=1S/C17H31N3/c1-7-8-20(6)17-10-15(12-18-11-13(2)3)9-16(19-17)14(4)5/h9-10,13-14,18H,7-8,11-12H2,1-6H3. The molecule has 0 atom stereocenters. The minimum Gasteiger partial charge on any atom is -0.360 e. The van der Waals surface area contributed by atoms with Crippen LogP contribution in [-0.4, -0.2) is 25.1 Å². The van der Waals surface area contributed by atoms with Gasteiger partial charge in [0.2, 0.25) is 0 Å². The van der Waals surface area contributed by atoms with Gasteiger partial charge in [-0.25, -0.2) is 4.98 Å². The van der Waals surface area contributed by atoms with E-state index in [-0.39, 0.29) is 0 Å². The van der Waals surface area contributed by atoms with Crippen LogP contribution >= 0.6 is 0 Å². The zero-order valence-electron chi connectivity index (χ0n) is 14.0. The van der Waals surface area contributed by atoms with Gasteiger partial charge in [0.05, 0.1) is 0 Å². The Balaban J connectivity index is 2.87. The number of rotatable bonds is 8. The molecule has 1 N–H and O–H groups in total. The SMILES string of the molecule is CCCN(C)c1cc(CNCC(C)C)cc(C(C)C)n1. The lowest BCUT2D eigenvalue weighted by Gasteiger charge is -2.20. The number of nitrogens with one attached hydrogen (secondary N) is 1. The lowest BCUT2D eigenvalue weighted by Crippen LogP contribution is -2.22. The Kier molecular flexibility index (Phi) is 7.00. The Labute approximate surface area is 124 Å². The fraction of sp³-hybridized carbons (Fsp3) is 0.706. The van der Waals surface area contributed by atoms with Gasteiger partial charge >= 0.3 is 0 Å². The molecule has 0 bridgehead atoms. The molecule has 114 valence electrons. The van der Waals surface area contributed by atoms with Gasteiger partial charge in [-0.05, 0) is 42.5 Å². The molecule has 1 aromatic rings. The fourth-order valence-electron chi connectivity index (χ4n) is 2.14. The van der Waals surface area contributed by atoms with Crippen molar-refractivity contribution in [3.8, 4) is 0 Å². The second-order valence-corrected chi connectivity index (χ2v) is 6.36. The van der Waals surface area contributed by atoms with E-state index in [1.165, 1.54) is 11.3 Å².